The maximum Gasteiger partial charge on any atom is 0.197 e. The van der Waals surface area contributed by atoms with Gasteiger partial charge in [0.05, 0.1) is 13.2 Å². The fraction of sp³-hybridized carbons (Fsp3) is 0.455. The number of imidazole rings is 1. The second kappa shape index (κ2) is 5.26. The normalized spacial score (nSPS) is 10.6. The first kappa shape index (κ1) is 12.7. The van der Waals surface area contributed by atoms with Crippen LogP contribution in [0.2, 0.25) is 0 Å². The van der Waals surface area contributed by atoms with Crippen molar-refractivity contribution in [1.82, 2.24) is 13.9 Å². The molecule has 0 bridgehead atoms. The Bertz CT molecular complexity index is 521. The van der Waals surface area contributed by atoms with Crippen LogP contribution >= 0.6 is 11.5 Å². The van der Waals surface area contributed by atoms with E-state index in [2.05, 4.69) is 9.36 Å². The summed E-state index contributed by atoms with van der Waals surface area (Å²) in [5.74, 6) is 2.09. The second-order valence-corrected chi connectivity index (χ2v) is 4.70. The second-order valence-electron chi connectivity index (χ2n) is 3.95. The first-order chi connectivity index (χ1) is 8.63. The summed E-state index contributed by atoms with van der Waals surface area (Å²) in [4.78, 5) is 6.34. The molecule has 0 aliphatic carbocycles. The zero-order chi connectivity index (χ0) is 13.1. The Labute approximate surface area is 110 Å². The van der Waals surface area contributed by atoms with Gasteiger partial charge in [-0.3, -0.25) is 0 Å². The van der Waals surface area contributed by atoms with E-state index in [-0.39, 0.29) is 0 Å². The third kappa shape index (κ3) is 2.40. The van der Waals surface area contributed by atoms with Crippen LogP contribution in [0.25, 0.3) is 0 Å². The molecular formula is C11H17N5OS. The molecule has 0 aromatic carbocycles. The van der Waals surface area contributed by atoms with E-state index < -0.39 is 0 Å². The molecule has 98 valence electrons. The zero-order valence-electron chi connectivity index (χ0n) is 10.8. The molecule has 18 heavy (non-hydrogen) atoms. The number of rotatable bonds is 5. The lowest BCUT2D eigenvalue weighted by Gasteiger charge is -2.18. The van der Waals surface area contributed by atoms with Gasteiger partial charge in [-0.05, 0) is 18.5 Å². The minimum absolute atomic E-state index is 0.448. The molecule has 0 amide bonds. The van der Waals surface area contributed by atoms with Gasteiger partial charge in [0.15, 0.2) is 16.6 Å². The number of nitrogens with two attached hydrogens (primary N) is 1. The number of aromatic nitrogens is 3. The molecule has 0 aliphatic rings. The Kier molecular flexibility index (Phi) is 3.71. The van der Waals surface area contributed by atoms with Gasteiger partial charge in [0, 0.05) is 26.5 Å². The quantitative estimate of drug-likeness (QED) is 0.889. The third-order valence-corrected chi connectivity index (χ3v) is 3.55. The summed E-state index contributed by atoms with van der Waals surface area (Å²) >= 11 is 1.34. The van der Waals surface area contributed by atoms with Gasteiger partial charge in [0.25, 0.3) is 0 Å². The molecule has 6 nitrogen and oxygen atoms in total. The maximum absolute atomic E-state index is 5.80. The molecule has 0 saturated carbocycles. The van der Waals surface area contributed by atoms with Crippen molar-refractivity contribution < 1.29 is 4.74 Å². The van der Waals surface area contributed by atoms with Gasteiger partial charge < -0.3 is 19.9 Å². The van der Waals surface area contributed by atoms with Crippen molar-refractivity contribution in [2.75, 3.05) is 24.3 Å². The summed E-state index contributed by atoms with van der Waals surface area (Å²) in [6, 6.07) is 0. The van der Waals surface area contributed by atoms with Crippen LogP contribution in [-0.2, 0) is 13.6 Å². The van der Waals surface area contributed by atoms with Crippen molar-refractivity contribution in [2.24, 2.45) is 7.05 Å². The Balaban J connectivity index is 2.18. The van der Waals surface area contributed by atoms with Crippen molar-refractivity contribution in [2.45, 2.75) is 13.5 Å². The molecule has 2 aromatic heterocycles. The average molecular weight is 267 g/mol. The van der Waals surface area contributed by atoms with E-state index in [1.807, 2.05) is 36.7 Å². The number of hydrogen-bond donors (Lipinski definition) is 1. The van der Waals surface area contributed by atoms with E-state index >= 15 is 0 Å². The Morgan fingerprint density at radius 1 is 1.56 bits per heavy atom. The van der Waals surface area contributed by atoms with Crippen LogP contribution in [-0.4, -0.2) is 27.6 Å². The molecule has 0 fully saturated rings. The van der Waals surface area contributed by atoms with Crippen LogP contribution in [0.4, 0.5) is 10.8 Å². The Morgan fingerprint density at radius 2 is 2.33 bits per heavy atom. The highest BCUT2D eigenvalue weighted by Crippen LogP contribution is 2.38. The van der Waals surface area contributed by atoms with Crippen LogP contribution in [0.1, 0.15) is 12.7 Å². The topological polar surface area (TPSA) is 69.2 Å². The summed E-state index contributed by atoms with van der Waals surface area (Å²) in [5, 5.41) is 0.928. The summed E-state index contributed by atoms with van der Waals surface area (Å²) in [7, 11) is 3.95. The number of hydrogen-bond acceptors (Lipinski definition) is 6. The molecule has 0 saturated heterocycles. The number of nitrogen functional groups attached to an aromatic ring is 1. The zero-order valence-corrected chi connectivity index (χ0v) is 11.6. The molecule has 2 N–H and O–H groups in total. The Morgan fingerprint density at radius 3 is 2.94 bits per heavy atom. The molecule has 0 unspecified atom stereocenters. The molecule has 7 heteroatoms. The third-order valence-electron chi connectivity index (χ3n) is 2.59. The van der Waals surface area contributed by atoms with Gasteiger partial charge in [-0.2, -0.15) is 4.37 Å². The molecular weight excluding hydrogens is 250 g/mol. The number of anilines is 2. The number of ether oxygens (including phenoxy) is 1. The molecule has 0 radical (unpaired) electrons. The lowest BCUT2D eigenvalue weighted by molar-refractivity contribution is 0.343. The SMILES string of the molecule is CCOc1c(N)nsc1N(C)Cc1nccn1C. The van der Waals surface area contributed by atoms with Crippen LogP contribution in [0.3, 0.4) is 0 Å². The van der Waals surface area contributed by atoms with Crippen LogP contribution < -0.4 is 15.4 Å². The van der Waals surface area contributed by atoms with E-state index in [0.717, 1.165) is 10.8 Å². The summed E-state index contributed by atoms with van der Waals surface area (Å²) in [5.41, 5.74) is 5.80. The van der Waals surface area contributed by atoms with Gasteiger partial charge in [-0.1, -0.05) is 0 Å². The maximum atomic E-state index is 5.80. The molecule has 2 heterocycles. The van der Waals surface area contributed by atoms with Gasteiger partial charge in [-0.15, -0.1) is 0 Å². The predicted molar refractivity (Wildman–Crippen MR) is 73.0 cm³/mol. The summed E-state index contributed by atoms with van der Waals surface area (Å²) in [6.45, 7) is 3.19. The minimum Gasteiger partial charge on any atom is -0.487 e. The lowest BCUT2D eigenvalue weighted by atomic mass is 10.4. The van der Waals surface area contributed by atoms with E-state index in [4.69, 9.17) is 10.5 Å². The van der Waals surface area contributed by atoms with Crippen LogP contribution in [0.5, 0.6) is 5.75 Å². The fourth-order valence-corrected chi connectivity index (χ4v) is 2.36. The minimum atomic E-state index is 0.448. The Hall–Kier alpha value is -1.76. The molecule has 2 rings (SSSR count). The monoisotopic (exact) mass is 267 g/mol. The van der Waals surface area contributed by atoms with Crippen LogP contribution in [0.15, 0.2) is 12.4 Å². The highest BCUT2D eigenvalue weighted by Gasteiger charge is 2.17. The highest BCUT2D eigenvalue weighted by atomic mass is 32.1. The first-order valence-corrected chi connectivity index (χ1v) is 6.46. The fourth-order valence-electron chi connectivity index (χ4n) is 1.64. The summed E-state index contributed by atoms with van der Waals surface area (Å²) < 4.78 is 11.7. The van der Waals surface area contributed by atoms with Crippen molar-refractivity contribution >= 4 is 22.4 Å². The summed E-state index contributed by atoms with van der Waals surface area (Å²) in [6.07, 6.45) is 3.71. The van der Waals surface area contributed by atoms with Gasteiger partial charge >= 0.3 is 0 Å². The van der Waals surface area contributed by atoms with Gasteiger partial charge in [0.2, 0.25) is 0 Å². The first-order valence-electron chi connectivity index (χ1n) is 5.68. The standard InChI is InChI=1S/C11H17N5OS/c1-4-17-9-10(12)14-18-11(9)16(3)7-8-13-5-6-15(8)2/h5-6H,4,7H2,1-3H3,(H2,12,14). The molecule has 2 aromatic rings. The van der Waals surface area contributed by atoms with E-state index in [0.29, 0.717) is 24.7 Å². The van der Waals surface area contributed by atoms with Crippen molar-refractivity contribution in [3.8, 4) is 5.75 Å². The van der Waals surface area contributed by atoms with E-state index in [1.165, 1.54) is 11.5 Å². The molecule has 0 spiro atoms. The average Bonchev–Trinajstić information content (AvgIpc) is 2.88. The van der Waals surface area contributed by atoms with E-state index in [1.54, 1.807) is 6.20 Å². The van der Waals surface area contributed by atoms with Crippen molar-refractivity contribution in [3.05, 3.63) is 18.2 Å². The van der Waals surface area contributed by atoms with Crippen molar-refractivity contribution in [3.63, 3.8) is 0 Å². The molecule has 0 aliphatic heterocycles. The largest absolute Gasteiger partial charge is 0.487 e. The number of aryl methyl sites for hydroxylation is 1. The van der Waals surface area contributed by atoms with Crippen LogP contribution in [0, 0.1) is 0 Å². The predicted octanol–water partition coefficient (Wildman–Crippen LogP) is 1.49. The molecule has 0 atom stereocenters. The lowest BCUT2D eigenvalue weighted by Crippen LogP contribution is -2.18. The van der Waals surface area contributed by atoms with Gasteiger partial charge in [-0.25, -0.2) is 4.98 Å². The van der Waals surface area contributed by atoms with Gasteiger partial charge in [0.1, 0.15) is 5.82 Å². The smallest absolute Gasteiger partial charge is 0.197 e. The van der Waals surface area contributed by atoms with E-state index in [9.17, 15) is 0 Å². The number of nitrogens with zero attached hydrogens (tertiary/aromatic N) is 4. The highest BCUT2D eigenvalue weighted by molar-refractivity contribution is 7.11. The van der Waals surface area contributed by atoms with Crippen molar-refractivity contribution in [1.29, 1.82) is 0 Å².